The monoisotopic (exact) mass is 366 g/mol. The Morgan fingerprint density at radius 3 is 2.08 bits per heavy atom. The van der Waals surface area contributed by atoms with E-state index < -0.39 is 11.6 Å². The van der Waals surface area contributed by atoms with Crippen molar-refractivity contribution in [3.63, 3.8) is 0 Å². The highest BCUT2D eigenvalue weighted by Crippen LogP contribution is 2.61. The number of ether oxygens (including phenoxy) is 1. The number of hydrogen-bond acceptors (Lipinski definition) is 3. The molecule has 5 rings (SSSR count). The highest BCUT2D eigenvalue weighted by Gasteiger charge is 2.52. The van der Waals surface area contributed by atoms with Gasteiger partial charge < -0.3 is 14.9 Å². The molecule has 1 aromatic carbocycles. The summed E-state index contributed by atoms with van der Waals surface area (Å²) in [5.41, 5.74) is 0.363. The molecule has 4 fully saturated rings. The Morgan fingerprint density at radius 2 is 1.54 bits per heavy atom. The van der Waals surface area contributed by atoms with Crippen molar-refractivity contribution in [3.8, 4) is 5.75 Å². The first-order valence-electron chi connectivity index (χ1n) is 9.87. The van der Waals surface area contributed by atoms with Crippen LogP contribution in [0, 0.1) is 35.3 Å². The minimum Gasteiger partial charge on any atom is -0.490 e. The summed E-state index contributed by atoms with van der Waals surface area (Å²) in [6, 6.07) is 3.29. The molecule has 4 aliphatic carbocycles. The van der Waals surface area contributed by atoms with Crippen LogP contribution in [0.15, 0.2) is 12.1 Å². The van der Waals surface area contributed by atoms with Crippen LogP contribution >= 0.6 is 0 Å². The minimum absolute atomic E-state index is 0.0781. The van der Waals surface area contributed by atoms with Crippen LogP contribution in [-0.4, -0.2) is 30.0 Å². The van der Waals surface area contributed by atoms with E-state index in [2.05, 4.69) is 0 Å². The standard InChI is InChI=1S/C21H28F2O3/c22-19-17(21-8-14-5-15(9-21)7-16(6-14)10-21)1-2-18(20(19)23)26-4-3-13(11-24)12-25/h1-2,13-16,24-25H,3-12H2. The zero-order valence-corrected chi connectivity index (χ0v) is 15.1. The van der Waals surface area contributed by atoms with Crippen molar-refractivity contribution >= 4 is 0 Å². The summed E-state index contributed by atoms with van der Waals surface area (Å²) >= 11 is 0. The van der Waals surface area contributed by atoms with Crippen molar-refractivity contribution in [2.24, 2.45) is 23.7 Å². The van der Waals surface area contributed by atoms with Crippen LogP contribution in [-0.2, 0) is 5.41 Å². The topological polar surface area (TPSA) is 49.7 Å². The number of aliphatic hydroxyl groups excluding tert-OH is 2. The summed E-state index contributed by atoms with van der Waals surface area (Å²) in [5.74, 6) is 0.00327. The molecule has 0 aromatic heterocycles. The van der Waals surface area contributed by atoms with Crippen LogP contribution in [0.5, 0.6) is 5.75 Å². The average Bonchev–Trinajstić information content (AvgIpc) is 2.61. The van der Waals surface area contributed by atoms with Crippen LogP contribution in [0.3, 0.4) is 0 Å². The summed E-state index contributed by atoms with van der Waals surface area (Å²) in [6.45, 7) is -0.165. The van der Waals surface area contributed by atoms with Crippen LogP contribution in [0.4, 0.5) is 8.78 Å². The summed E-state index contributed by atoms with van der Waals surface area (Å²) < 4.78 is 35.0. The highest BCUT2D eigenvalue weighted by molar-refractivity contribution is 5.37. The Morgan fingerprint density at radius 1 is 0.962 bits per heavy atom. The molecule has 5 heteroatoms. The molecule has 1 aromatic rings. The molecule has 0 unspecified atom stereocenters. The van der Waals surface area contributed by atoms with Crippen molar-refractivity contribution in [1.82, 2.24) is 0 Å². The minimum atomic E-state index is -0.900. The predicted molar refractivity (Wildman–Crippen MR) is 94.0 cm³/mol. The lowest BCUT2D eigenvalue weighted by molar-refractivity contribution is -0.00708. The van der Waals surface area contributed by atoms with E-state index in [1.165, 1.54) is 19.3 Å². The second-order valence-corrected chi connectivity index (χ2v) is 8.81. The molecule has 2 N–H and O–H groups in total. The van der Waals surface area contributed by atoms with E-state index in [-0.39, 0.29) is 36.9 Å². The molecule has 0 aliphatic heterocycles. The molecule has 3 nitrogen and oxygen atoms in total. The van der Waals surface area contributed by atoms with E-state index in [1.54, 1.807) is 12.1 Å². The van der Waals surface area contributed by atoms with Crippen molar-refractivity contribution in [2.45, 2.75) is 50.4 Å². The Kier molecular flexibility index (Phi) is 4.95. The molecule has 0 amide bonds. The highest BCUT2D eigenvalue weighted by atomic mass is 19.2. The van der Waals surface area contributed by atoms with E-state index in [0.29, 0.717) is 29.7 Å². The SMILES string of the molecule is OCC(CO)CCOc1ccc(C23CC4CC(CC(C4)C2)C3)c(F)c1F. The molecule has 0 heterocycles. The molecule has 0 radical (unpaired) electrons. The predicted octanol–water partition coefficient (Wildman–Crippen LogP) is 3.80. The van der Waals surface area contributed by atoms with Crippen molar-refractivity contribution in [2.75, 3.05) is 19.8 Å². The van der Waals surface area contributed by atoms with E-state index >= 15 is 0 Å². The van der Waals surface area contributed by atoms with Gasteiger partial charge in [-0.1, -0.05) is 6.07 Å². The molecule has 0 atom stereocenters. The summed E-state index contributed by atoms with van der Waals surface area (Å²) in [5, 5.41) is 18.1. The van der Waals surface area contributed by atoms with Crippen LogP contribution < -0.4 is 4.74 Å². The molecule has 0 saturated heterocycles. The molecule has 26 heavy (non-hydrogen) atoms. The lowest BCUT2D eigenvalue weighted by Gasteiger charge is -2.57. The Hall–Kier alpha value is -1.20. The third-order valence-electron chi connectivity index (χ3n) is 6.96. The maximum atomic E-state index is 15.0. The first kappa shape index (κ1) is 18.2. The third-order valence-corrected chi connectivity index (χ3v) is 6.96. The molecule has 4 bridgehead atoms. The lowest BCUT2D eigenvalue weighted by atomic mass is 9.48. The molecule has 0 spiro atoms. The average molecular weight is 366 g/mol. The number of rotatable bonds is 7. The maximum Gasteiger partial charge on any atom is 0.200 e. The molecular formula is C21H28F2O3. The van der Waals surface area contributed by atoms with E-state index in [1.807, 2.05) is 0 Å². The van der Waals surface area contributed by atoms with Gasteiger partial charge in [-0.05, 0) is 79.7 Å². The zero-order chi connectivity index (χ0) is 18.3. The van der Waals surface area contributed by atoms with E-state index in [4.69, 9.17) is 14.9 Å². The first-order valence-corrected chi connectivity index (χ1v) is 9.87. The van der Waals surface area contributed by atoms with Gasteiger partial charge in [-0.2, -0.15) is 4.39 Å². The zero-order valence-electron chi connectivity index (χ0n) is 15.1. The molecule has 4 aliphatic rings. The number of halogens is 2. The number of aliphatic hydroxyl groups is 2. The summed E-state index contributed by atoms with van der Waals surface area (Å²) in [7, 11) is 0. The van der Waals surface area contributed by atoms with Crippen molar-refractivity contribution in [1.29, 1.82) is 0 Å². The Bertz CT molecular complexity index is 622. The fourth-order valence-corrected chi connectivity index (χ4v) is 6.07. The second kappa shape index (κ2) is 7.08. The largest absolute Gasteiger partial charge is 0.490 e. The van der Waals surface area contributed by atoms with Gasteiger partial charge in [-0.3, -0.25) is 0 Å². The van der Waals surface area contributed by atoms with Gasteiger partial charge in [0.1, 0.15) is 0 Å². The van der Waals surface area contributed by atoms with Crippen molar-refractivity contribution in [3.05, 3.63) is 29.3 Å². The molecular weight excluding hydrogens is 338 g/mol. The van der Waals surface area contributed by atoms with Gasteiger partial charge in [0.25, 0.3) is 0 Å². The van der Waals surface area contributed by atoms with Gasteiger partial charge in [0.05, 0.1) is 6.61 Å². The summed E-state index contributed by atoms with van der Waals surface area (Å²) in [4.78, 5) is 0. The van der Waals surface area contributed by atoms with Crippen molar-refractivity contribution < 1.29 is 23.7 Å². The number of hydrogen-bond donors (Lipinski definition) is 2. The van der Waals surface area contributed by atoms with Gasteiger partial charge in [0.15, 0.2) is 11.6 Å². The third kappa shape index (κ3) is 3.13. The molecule has 144 valence electrons. The van der Waals surface area contributed by atoms with Crippen LogP contribution in [0.25, 0.3) is 0 Å². The fraction of sp³-hybridized carbons (Fsp3) is 0.714. The van der Waals surface area contributed by atoms with Gasteiger partial charge in [-0.15, -0.1) is 0 Å². The fourth-order valence-electron chi connectivity index (χ4n) is 6.07. The van der Waals surface area contributed by atoms with Gasteiger partial charge in [0, 0.05) is 19.1 Å². The smallest absolute Gasteiger partial charge is 0.200 e. The Labute approximate surface area is 153 Å². The normalized spacial score (nSPS) is 32.4. The quantitative estimate of drug-likeness (QED) is 0.772. The van der Waals surface area contributed by atoms with E-state index in [0.717, 1.165) is 19.3 Å². The van der Waals surface area contributed by atoms with Crippen LogP contribution in [0.1, 0.15) is 50.5 Å². The van der Waals surface area contributed by atoms with Gasteiger partial charge >= 0.3 is 0 Å². The van der Waals surface area contributed by atoms with Crippen LogP contribution in [0.2, 0.25) is 0 Å². The molecule has 4 saturated carbocycles. The van der Waals surface area contributed by atoms with Gasteiger partial charge in [-0.25, -0.2) is 4.39 Å². The lowest BCUT2D eigenvalue weighted by Crippen LogP contribution is -2.49. The Balaban J connectivity index is 1.51. The summed E-state index contributed by atoms with van der Waals surface area (Å²) in [6.07, 6.45) is 7.16. The van der Waals surface area contributed by atoms with Gasteiger partial charge in [0.2, 0.25) is 5.82 Å². The number of benzene rings is 1. The second-order valence-electron chi connectivity index (χ2n) is 8.81. The van der Waals surface area contributed by atoms with E-state index in [9.17, 15) is 8.78 Å². The maximum absolute atomic E-state index is 15.0. The first-order chi connectivity index (χ1) is 12.5.